The van der Waals surface area contributed by atoms with Gasteiger partial charge in [-0.05, 0) is 25.1 Å². The number of benzene rings is 1. The Morgan fingerprint density at radius 3 is 2.78 bits per heavy atom. The van der Waals surface area contributed by atoms with Crippen LogP contribution in [0, 0.1) is 5.92 Å². The molecule has 1 rings (SSSR count). The summed E-state index contributed by atoms with van der Waals surface area (Å²) in [4.78, 5) is 2.67. The van der Waals surface area contributed by atoms with Crippen LogP contribution in [0.15, 0.2) is 24.3 Å². The van der Waals surface area contributed by atoms with Crippen LogP contribution < -0.4 is 10.5 Å². The fourth-order valence-corrected chi connectivity index (χ4v) is 1.90. The Morgan fingerprint density at radius 2 is 2.17 bits per heavy atom. The van der Waals surface area contributed by atoms with E-state index in [1.807, 2.05) is 24.3 Å². The van der Waals surface area contributed by atoms with E-state index in [1.54, 1.807) is 0 Å². The largest absolute Gasteiger partial charge is 0.492 e. The van der Waals surface area contributed by atoms with Crippen molar-refractivity contribution in [1.29, 1.82) is 0 Å². The highest BCUT2D eigenvalue weighted by Crippen LogP contribution is 2.13. The highest BCUT2D eigenvalue weighted by Gasteiger charge is 2.03. The minimum absolute atomic E-state index is 0.400. The van der Waals surface area contributed by atoms with Crippen LogP contribution in [0.3, 0.4) is 0 Å². The summed E-state index contributed by atoms with van der Waals surface area (Å²) in [6, 6.07) is 7.59. The van der Waals surface area contributed by atoms with Gasteiger partial charge in [0.15, 0.2) is 0 Å². The summed E-state index contributed by atoms with van der Waals surface area (Å²) < 4.78 is 5.69. The van der Waals surface area contributed by atoms with Gasteiger partial charge in [0.05, 0.1) is 0 Å². The summed E-state index contributed by atoms with van der Waals surface area (Å²) in [6.07, 6.45) is 0. The molecule has 0 heterocycles. The Labute approximate surface area is 115 Å². The SMILES string of the molecule is CC(C)CN(C)CCOc1cccc(C(N)=S)c1. The number of likely N-dealkylation sites (N-methyl/N-ethyl adjacent to an activating group) is 1. The van der Waals surface area contributed by atoms with E-state index in [0.717, 1.165) is 24.4 Å². The zero-order valence-electron chi connectivity index (χ0n) is 11.3. The molecule has 2 N–H and O–H groups in total. The molecular weight excluding hydrogens is 244 g/mol. The molecule has 100 valence electrons. The van der Waals surface area contributed by atoms with Gasteiger partial charge in [-0.1, -0.05) is 38.2 Å². The van der Waals surface area contributed by atoms with E-state index in [2.05, 4.69) is 25.8 Å². The first kappa shape index (κ1) is 14.9. The highest BCUT2D eigenvalue weighted by atomic mass is 32.1. The monoisotopic (exact) mass is 266 g/mol. The van der Waals surface area contributed by atoms with E-state index in [9.17, 15) is 0 Å². The molecule has 0 saturated heterocycles. The van der Waals surface area contributed by atoms with Gasteiger partial charge in [0.1, 0.15) is 17.3 Å². The minimum atomic E-state index is 0.400. The van der Waals surface area contributed by atoms with Crippen LogP contribution in [0.25, 0.3) is 0 Å². The van der Waals surface area contributed by atoms with Crippen LogP contribution in [0.5, 0.6) is 5.75 Å². The zero-order chi connectivity index (χ0) is 13.5. The molecule has 18 heavy (non-hydrogen) atoms. The molecule has 0 saturated carbocycles. The van der Waals surface area contributed by atoms with Crippen molar-refractivity contribution >= 4 is 17.2 Å². The summed E-state index contributed by atoms with van der Waals surface area (Å²) in [7, 11) is 2.11. The summed E-state index contributed by atoms with van der Waals surface area (Å²) in [5.41, 5.74) is 6.43. The van der Waals surface area contributed by atoms with Crippen LogP contribution in [-0.4, -0.2) is 36.6 Å². The Morgan fingerprint density at radius 1 is 1.44 bits per heavy atom. The number of nitrogens with zero attached hydrogens (tertiary/aromatic N) is 1. The Kier molecular flexibility index (Phi) is 6.09. The second-order valence-electron chi connectivity index (χ2n) is 4.90. The lowest BCUT2D eigenvalue weighted by Gasteiger charge is -2.19. The number of thiocarbonyl (C=S) groups is 1. The van der Waals surface area contributed by atoms with Crippen molar-refractivity contribution in [3.05, 3.63) is 29.8 Å². The van der Waals surface area contributed by atoms with Gasteiger partial charge >= 0.3 is 0 Å². The number of nitrogens with two attached hydrogens (primary N) is 1. The van der Waals surface area contributed by atoms with E-state index in [-0.39, 0.29) is 0 Å². The maximum atomic E-state index is 5.69. The second-order valence-corrected chi connectivity index (χ2v) is 5.34. The molecule has 1 aromatic rings. The van der Waals surface area contributed by atoms with E-state index in [4.69, 9.17) is 22.7 Å². The smallest absolute Gasteiger partial charge is 0.120 e. The minimum Gasteiger partial charge on any atom is -0.492 e. The normalized spacial score (nSPS) is 10.9. The van der Waals surface area contributed by atoms with Crippen LogP contribution in [0.4, 0.5) is 0 Å². The Balaban J connectivity index is 2.39. The fraction of sp³-hybridized carbons (Fsp3) is 0.500. The van der Waals surface area contributed by atoms with Crippen molar-refractivity contribution in [1.82, 2.24) is 4.90 Å². The molecule has 0 amide bonds. The van der Waals surface area contributed by atoms with Crippen molar-refractivity contribution < 1.29 is 4.74 Å². The molecule has 0 spiro atoms. The summed E-state index contributed by atoms with van der Waals surface area (Å²) >= 11 is 4.94. The summed E-state index contributed by atoms with van der Waals surface area (Å²) in [6.45, 7) is 7.09. The Bertz CT molecular complexity index is 393. The molecule has 0 atom stereocenters. The first-order chi connectivity index (χ1) is 8.49. The molecule has 0 aliphatic carbocycles. The predicted octanol–water partition coefficient (Wildman–Crippen LogP) is 2.29. The number of ether oxygens (including phenoxy) is 1. The third kappa shape index (κ3) is 5.47. The summed E-state index contributed by atoms with van der Waals surface area (Å²) in [5.74, 6) is 1.49. The molecule has 0 unspecified atom stereocenters. The lowest BCUT2D eigenvalue weighted by atomic mass is 10.2. The van der Waals surface area contributed by atoms with Crippen molar-refractivity contribution in [3.8, 4) is 5.75 Å². The van der Waals surface area contributed by atoms with Gasteiger partial charge in [0.2, 0.25) is 0 Å². The molecule has 0 aliphatic rings. The van der Waals surface area contributed by atoms with Crippen molar-refractivity contribution in [2.24, 2.45) is 11.7 Å². The third-order valence-electron chi connectivity index (χ3n) is 2.54. The van der Waals surface area contributed by atoms with Gasteiger partial charge in [-0.3, -0.25) is 0 Å². The number of hydrogen-bond donors (Lipinski definition) is 1. The van der Waals surface area contributed by atoms with Gasteiger partial charge in [-0.15, -0.1) is 0 Å². The summed E-state index contributed by atoms with van der Waals surface area (Å²) in [5, 5.41) is 0. The molecule has 0 aliphatic heterocycles. The van der Waals surface area contributed by atoms with Crippen molar-refractivity contribution in [2.75, 3.05) is 26.7 Å². The van der Waals surface area contributed by atoms with Gasteiger partial charge in [-0.25, -0.2) is 0 Å². The molecule has 0 aromatic heterocycles. The molecule has 0 bridgehead atoms. The van der Waals surface area contributed by atoms with Crippen LogP contribution in [-0.2, 0) is 0 Å². The fourth-order valence-electron chi connectivity index (χ4n) is 1.77. The van der Waals surface area contributed by atoms with Gasteiger partial charge in [-0.2, -0.15) is 0 Å². The molecule has 0 radical (unpaired) electrons. The highest BCUT2D eigenvalue weighted by molar-refractivity contribution is 7.80. The predicted molar refractivity (Wildman–Crippen MR) is 80.2 cm³/mol. The zero-order valence-corrected chi connectivity index (χ0v) is 12.2. The third-order valence-corrected chi connectivity index (χ3v) is 2.77. The van der Waals surface area contributed by atoms with E-state index in [1.165, 1.54) is 0 Å². The molecular formula is C14H22N2OS. The van der Waals surface area contributed by atoms with Crippen LogP contribution in [0.1, 0.15) is 19.4 Å². The maximum Gasteiger partial charge on any atom is 0.120 e. The van der Waals surface area contributed by atoms with Crippen molar-refractivity contribution in [2.45, 2.75) is 13.8 Å². The van der Waals surface area contributed by atoms with E-state index >= 15 is 0 Å². The molecule has 3 nitrogen and oxygen atoms in total. The van der Waals surface area contributed by atoms with Crippen molar-refractivity contribution in [3.63, 3.8) is 0 Å². The first-order valence-electron chi connectivity index (χ1n) is 6.20. The van der Waals surface area contributed by atoms with E-state index < -0.39 is 0 Å². The topological polar surface area (TPSA) is 38.5 Å². The lowest BCUT2D eigenvalue weighted by molar-refractivity contribution is 0.223. The van der Waals surface area contributed by atoms with Gasteiger partial charge < -0.3 is 15.4 Å². The number of hydrogen-bond acceptors (Lipinski definition) is 3. The lowest BCUT2D eigenvalue weighted by Crippen LogP contribution is -2.27. The van der Waals surface area contributed by atoms with Crippen LogP contribution in [0.2, 0.25) is 0 Å². The first-order valence-corrected chi connectivity index (χ1v) is 6.61. The number of rotatable bonds is 7. The Hall–Kier alpha value is -1.13. The second kappa shape index (κ2) is 7.34. The molecule has 0 fully saturated rings. The van der Waals surface area contributed by atoms with E-state index in [0.29, 0.717) is 17.5 Å². The van der Waals surface area contributed by atoms with Gasteiger partial charge in [0, 0.05) is 18.7 Å². The average Bonchev–Trinajstić information content (AvgIpc) is 2.28. The molecule has 4 heteroatoms. The standard InChI is InChI=1S/C14H22N2OS/c1-11(2)10-16(3)7-8-17-13-6-4-5-12(9-13)14(15)18/h4-6,9,11H,7-8,10H2,1-3H3,(H2,15,18). The maximum absolute atomic E-state index is 5.69. The average molecular weight is 266 g/mol. The van der Waals surface area contributed by atoms with Crippen LogP contribution >= 0.6 is 12.2 Å². The molecule has 1 aromatic carbocycles. The van der Waals surface area contributed by atoms with Gasteiger partial charge in [0.25, 0.3) is 0 Å². The quantitative estimate of drug-likeness (QED) is 0.769.